The van der Waals surface area contributed by atoms with Crippen LogP contribution in [0.2, 0.25) is 0 Å². The molecule has 4 heteroatoms. The quantitative estimate of drug-likeness (QED) is 0.656. The zero-order valence-electron chi connectivity index (χ0n) is 16.9. The summed E-state index contributed by atoms with van der Waals surface area (Å²) in [6, 6.07) is 18.9. The van der Waals surface area contributed by atoms with Crippen molar-refractivity contribution in [2.24, 2.45) is 0 Å². The standard InChI is InChI=1S/C23H33N3O/c1-4-26(5-2)18-22-15-13-21(14-16-22)17-24-23(27)25-19(3)11-12-20-9-7-6-8-10-20/h6-10,13-16,19H,4-5,11-12,17-18H2,1-3H3,(H2,24,25,27). The number of carbonyl (C=O) groups is 1. The molecule has 2 aromatic rings. The summed E-state index contributed by atoms with van der Waals surface area (Å²) in [5.74, 6) is 0. The van der Waals surface area contributed by atoms with Gasteiger partial charge in [0, 0.05) is 19.1 Å². The summed E-state index contributed by atoms with van der Waals surface area (Å²) < 4.78 is 0. The van der Waals surface area contributed by atoms with Crippen LogP contribution in [-0.4, -0.2) is 30.1 Å². The van der Waals surface area contributed by atoms with Crippen molar-refractivity contribution in [3.63, 3.8) is 0 Å². The molecule has 0 fully saturated rings. The molecule has 2 aromatic carbocycles. The van der Waals surface area contributed by atoms with Crippen molar-refractivity contribution in [3.05, 3.63) is 71.3 Å². The first-order valence-electron chi connectivity index (χ1n) is 9.99. The maximum atomic E-state index is 12.1. The summed E-state index contributed by atoms with van der Waals surface area (Å²) >= 11 is 0. The second-order valence-corrected chi connectivity index (χ2v) is 7.03. The molecule has 0 saturated heterocycles. The molecule has 2 amide bonds. The van der Waals surface area contributed by atoms with Gasteiger partial charge in [-0.2, -0.15) is 0 Å². The highest BCUT2D eigenvalue weighted by Gasteiger charge is 2.07. The van der Waals surface area contributed by atoms with Crippen molar-refractivity contribution in [1.29, 1.82) is 0 Å². The van der Waals surface area contributed by atoms with Crippen molar-refractivity contribution in [2.45, 2.75) is 52.7 Å². The molecule has 2 rings (SSSR count). The lowest BCUT2D eigenvalue weighted by Crippen LogP contribution is -2.40. The van der Waals surface area contributed by atoms with Gasteiger partial charge in [0.1, 0.15) is 0 Å². The van der Waals surface area contributed by atoms with Crippen molar-refractivity contribution in [1.82, 2.24) is 15.5 Å². The number of amides is 2. The normalized spacial score (nSPS) is 12.0. The monoisotopic (exact) mass is 367 g/mol. The van der Waals surface area contributed by atoms with Gasteiger partial charge in [-0.3, -0.25) is 4.90 Å². The smallest absolute Gasteiger partial charge is 0.315 e. The molecular weight excluding hydrogens is 334 g/mol. The van der Waals surface area contributed by atoms with Gasteiger partial charge in [-0.05, 0) is 49.5 Å². The van der Waals surface area contributed by atoms with E-state index in [0.717, 1.165) is 38.0 Å². The number of aryl methyl sites for hydroxylation is 1. The molecule has 146 valence electrons. The van der Waals surface area contributed by atoms with Crippen LogP contribution in [0.15, 0.2) is 54.6 Å². The molecule has 0 bridgehead atoms. The van der Waals surface area contributed by atoms with Gasteiger partial charge in [0.05, 0.1) is 0 Å². The molecular formula is C23H33N3O. The Morgan fingerprint density at radius 3 is 2.19 bits per heavy atom. The fourth-order valence-electron chi connectivity index (χ4n) is 3.03. The molecule has 1 atom stereocenters. The molecule has 2 N–H and O–H groups in total. The Morgan fingerprint density at radius 2 is 1.56 bits per heavy atom. The number of carbonyl (C=O) groups excluding carboxylic acids is 1. The molecule has 0 heterocycles. The zero-order chi connectivity index (χ0) is 19.5. The third-order valence-electron chi connectivity index (χ3n) is 4.86. The van der Waals surface area contributed by atoms with Crippen LogP contribution in [0.1, 0.15) is 43.9 Å². The fourth-order valence-corrected chi connectivity index (χ4v) is 3.03. The number of hydrogen-bond donors (Lipinski definition) is 2. The van der Waals surface area contributed by atoms with Crippen LogP contribution < -0.4 is 10.6 Å². The lowest BCUT2D eigenvalue weighted by Gasteiger charge is -2.18. The lowest BCUT2D eigenvalue weighted by molar-refractivity contribution is 0.237. The highest BCUT2D eigenvalue weighted by molar-refractivity contribution is 5.74. The number of rotatable bonds is 10. The van der Waals surface area contributed by atoms with E-state index in [1.165, 1.54) is 11.1 Å². The van der Waals surface area contributed by atoms with E-state index in [9.17, 15) is 4.79 Å². The predicted octanol–water partition coefficient (Wildman–Crippen LogP) is 4.35. The van der Waals surface area contributed by atoms with E-state index in [0.29, 0.717) is 6.54 Å². The van der Waals surface area contributed by atoms with Crippen LogP contribution in [0.25, 0.3) is 0 Å². The predicted molar refractivity (Wildman–Crippen MR) is 113 cm³/mol. The van der Waals surface area contributed by atoms with Gasteiger partial charge in [-0.1, -0.05) is 68.4 Å². The molecule has 0 aliphatic rings. The van der Waals surface area contributed by atoms with E-state index < -0.39 is 0 Å². The Labute approximate surface area is 164 Å². The van der Waals surface area contributed by atoms with E-state index in [4.69, 9.17) is 0 Å². The van der Waals surface area contributed by atoms with Crippen LogP contribution in [-0.2, 0) is 19.5 Å². The molecule has 4 nitrogen and oxygen atoms in total. The Kier molecular flexibility index (Phi) is 8.85. The molecule has 1 unspecified atom stereocenters. The van der Waals surface area contributed by atoms with Gasteiger partial charge < -0.3 is 10.6 Å². The van der Waals surface area contributed by atoms with E-state index in [2.05, 4.69) is 65.8 Å². The van der Waals surface area contributed by atoms with E-state index in [1.54, 1.807) is 0 Å². The van der Waals surface area contributed by atoms with Gasteiger partial charge >= 0.3 is 6.03 Å². The van der Waals surface area contributed by atoms with Crippen LogP contribution in [0.3, 0.4) is 0 Å². The Balaban J connectivity index is 1.70. The second kappa shape index (κ2) is 11.4. The van der Waals surface area contributed by atoms with Gasteiger partial charge in [-0.15, -0.1) is 0 Å². The molecule has 0 aliphatic heterocycles. The minimum Gasteiger partial charge on any atom is -0.336 e. The number of hydrogen-bond acceptors (Lipinski definition) is 2. The molecule has 0 aromatic heterocycles. The number of nitrogens with zero attached hydrogens (tertiary/aromatic N) is 1. The van der Waals surface area contributed by atoms with Gasteiger partial charge in [0.2, 0.25) is 0 Å². The van der Waals surface area contributed by atoms with E-state index in [1.807, 2.05) is 25.1 Å². The summed E-state index contributed by atoms with van der Waals surface area (Å²) in [7, 11) is 0. The third-order valence-corrected chi connectivity index (χ3v) is 4.86. The van der Waals surface area contributed by atoms with Crippen LogP contribution in [0.4, 0.5) is 4.79 Å². The summed E-state index contributed by atoms with van der Waals surface area (Å²) in [6.07, 6.45) is 1.90. The molecule has 0 saturated carbocycles. The summed E-state index contributed by atoms with van der Waals surface area (Å²) in [5.41, 5.74) is 3.73. The van der Waals surface area contributed by atoms with Crippen molar-refractivity contribution >= 4 is 6.03 Å². The van der Waals surface area contributed by atoms with Crippen molar-refractivity contribution in [3.8, 4) is 0 Å². The van der Waals surface area contributed by atoms with Gasteiger partial charge in [0.15, 0.2) is 0 Å². The molecule has 0 radical (unpaired) electrons. The van der Waals surface area contributed by atoms with Gasteiger partial charge in [-0.25, -0.2) is 4.79 Å². The topological polar surface area (TPSA) is 44.4 Å². The van der Waals surface area contributed by atoms with E-state index >= 15 is 0 Å². The average Bonchev–Trinajstić information content (AvgIpc) is 2.70. The molecule has 0 aliphatic carbocycles. The maximum Gasteiger partial charge on any atom is 0.315 e. The maximum absolute atomic E-state index is 12.1. The first-order chi connectivity index (χ1) is 13.1. The van der Waals surface area contributed by atoms with Crippen molar-refractivity contribution < 1.29 is 4.79 Å². The third kappa shape index (κ3) is 7.83. The fraction of sp³-hybridized carbons (Fsp3) is 0.435. The first-order valence-corrected chi connectivity index (χ1v) is 9.99. The van der Waals surface area contributed by atoms with E-state index in [-0.39, 0.29) is 12.1 Å². The molecule has 27 heavy (non-hydrogen) atoms. The number of benzene rings is 2. The first kappa shape index (κ1) is 21.0. The number of nitrogens with one attached hydrogen (secondary N) is 2. The van der Waals surface area contributed by atoms with Crippen molar-refractivity contribution in [2.75, 3.05) is 13.1 Å². The largest absolute Gasteiger partial charge is 0.336 e. The Hall–Kier alpha value is -2.33. The summed E-state index contributed by atoms with van der Waals surface area (Å²) in [5, 5.41) is 5.97. The minimum absolute atomic E-state index is 0.109. The zero-order valence-corrected chi connectivity index (χ0v) is 16.9. The lowest BCUT2D eigenvalue weighted by atomic mass is 10.1. The highest BCUT2D eigenvalue weighted by Crippen LogP contribution is 2.08. The van der Waals surface area contributed by atoms with Crippen LogP contribution in [0.5, 0.6) is 0 Å². The summed E-state index contributed by atoms with van der Waals surface area (Å²) in [6.45, 7) is 10.0. The SMILES string of the molecule is CCN(CC)Cc1ccc(CNC(=O)NC(C)CCc2ccccc2)cc1. The summed E-state index contributed by atoms with van der Waals surface area (Å²) in [4.78, 5) is 14.5. The highest BCUT2D eigenvalue weighted by atomic mass is 16.2. The Bertz CT molecular complexity index is 666. The average molecular weight is 368 g/mol. The van der Waals surface area contributed by atoms with Gasteiger partial charge in [0.25, 0.3) is 0 Å². The minimum atomic E-state index is -0.109. The second-order valence-electron chi connectivity index (χ2n) is 7.03. The van der Waals surface area contributed by atoms with Crippen LogP contribution in [0, 0.1) is 0 Å². The molecule has 0 spiro atoms. The number of urea groups is 1. The Morgan fingerprint density at radius 1 is 0.926 bits per heavy atom. The van der Waals surface area contributed by atoms with Crippen LogP contribution >= 0.6 is 0 Å².